The molecule has 2 heterocycles. The molecule has 7 nitrogen and oxygen atoms in total. The molecule has 2 aromatic carbocycles. The summed E-state index contributed by atoms with van der Waals surface area (Å²) in [6.07, 6.45) is 1.95. The van der Waals surface area contributed by atoms with Crippen molar-refractivity contribution >= 4 is 29.1 Å². The standard InChI is InChI=1S/C27H32ClFN6O/c1-3-32-12-14-33(15-13-32)26-25(19(2)31-35(26)24-9-5-7-21(29)17-24)18-34(23-10-11-23)27(36)30-22-8-4-6-20(28)16-22/h4-9,16-17,23H,3,10-15,18H2,1-2H3,(H,30,36). The summed E-state index contributed by atoms with van der Waals surface area (Å²) in [4.78, 5) is 20.0. The minimum Gasteiger partial charge on any atom is -0.354 e. The number of nitrogens with one attached hydrogen (secondary N) is 1. The molecule has 2 aliphatic rings. The Morgan fingerprint density at radius 3 is 2.56 bits per heavy atom. The maximum atomic E-state index is 14.2. The molecule has 0 radical (unpaired) electrons. The van der Waals surface area contributed by atoms with Crippen LogP contribution in [0.4, 0.5) is 20.7 Å². The van der Waals surface area contributed by atoms with Crippen molar-refractivity contribution in [2.24, 2.45) is 0 Å². The molecule has 0 unspecified atom stereocenters. The lowest BCUT2D eigenvalue weighted by Gasteiger charge is -2.36. The molecule has 9 heteroatoms. The summed E-state index contributed by atoms with van der Waals surface area (Å²) in [5.74, 6) is 0.638. The van der Waals surface area contributed by atoms with Gasteiger partial charge in [0.25, 0.3) is 0 Å². The van der Waals surface area contributed by atoms with Crippen LogP contribution < -0.4 is 10.2 Å². The van der Waals surface area contributed by atoms with E-state index in [1.54, 1.807) is 18.2 Å². The first-order valence-electron chi connectivity index (χ1n) is 12.6. The van der Waals surface area contributed by atoms with Gasteiger partial charge in [0.1, 0.15) is 11.6 Å². The molecule has 1 saturated heterocycles. The number of urea groups is 1. The van der Waals surface area contributed by atoms with Crippen molar-refractivity contribution in [1.82, 2.24) is 19.6 Å². The average molecular weight is 511 g/mol. The number of carbonyl (C=O) groups is 1. The summed E-state index contributed by atoms with van der Waals surface area (Å²) in [6.45, 7) is 9.18. The number of rotatable bonds is 7. The van der Waals surface area contributed by atoms with Crippen molar-refractivity contribution < 1.29 is 9.18 Å². The van der Waals surface area contributed by atoms with Crippen molar-refractivity contribution in [2.75, 3.05) is 42.9 Å². The van der Waals surface area contributed by atoms with Crippen LogP contribution in [0.1, 0.15) is 31.0 Å². The predicted molar refractivity (Wildman–Crippen MR) is 142 cm³/mol. The summed E-state index contributed by atoms with van der Waals surface area (Å²) in [5.41, 5.74) is 3.19. The molecule has 3 aromatic rings. The number of carbonyl (C=O) groups excluding carboxylic acids is 1. The van der Waals surface area contributed by atoms with Crippen LogP contribution >= 0.6 is 11.6 Å². The van der Waals surface area contributed by atoms with Crippen molar-refractivity contribution in [3.63, 3.8) is 0 Å². The van der Waals surface area contributed by atoms with Crippen molar-refractivity contribution in [3.05, 3.63) is 70.6 Å². The van der Waals surface area contributed by atoms with Gasteiger partial charge in [0.05, 0.1) is 17.9 Å². The van der Waals surface area contributed by atoms with Gasteiger partial charge >= 0.3 is 6.03 Å². The topological polar surface area (TPSA) is 56.6 Å². The zero-order chi connectivity index (χ0) is 25.2. The molecule has 0 spiro atoms. The molecule has 1 saturated carbocycles. The van der Waals surface area contributed by atoms with Gasteiger partial charge in [-0.15, -0.1) is 0 Å². The van der Waals surface area contributed by atoms with Crippen LogP contribution in [-0.4, -0.2) is 64.4 Å². The number of hydrogen-bond donors (Lipinski definition) is 1. The lowest BCUT2D eigenvalue weighted by Crippen LogP contribution is -2.47. The highest BCUT2D eigenvalue weighted by atomic mass is 35.5. The minimum absolute atomic E-state index is 0.153. The fourth-order valence-electron chi connectivity index (χ4n) is 4.81. The van der Waals surface area contributed by atoms with E-state index in [1.807, 2.05) is 34.7 Å². The lowest BCUT2D eigenvalue weighted by atomic mass is 10.2. The Labute approximate surface area is 216 Å². The molecule has 5 rings (SSSR count). The third kappa shape index (κ3) is 5.34. The molecule has 1 aliphatic carbocycles. The first-order valence-corrected chi connectivity index (χ1v) is 13.0. The molecule has 190 valence electrons. The van der Waals surface area contributed by atoms with E-state index in [4.69, 9.17) is 16.7 Å². The Kier molecular flexibility index (Phi) is 7.16. The van der Waals surface area contributed by atoms with E-state index in [0.29, 0.717) is 22.9 Å². The van der Waals surface area contributed by atoms with Crippen LogP contribution in [-0.2, 0) is 6.54 Å². The predicted octanol–water partition coefficient (Wildman–Crippen LogP) is 5.31. The molecule has 2 amide bonds. The van der Waals surface area contributed by atoms with Crippen molar-refractivity contribution in [2.45, 2.75) is 39.3 Å². The number of aryl methyl sites for hydroxylation is 1. The number of hydrogen-bond acceptors (Lipinski definition) is 4. The summed E-state index contributed by atoms with van der Waals surface area (Å²) in [6, 6.07) is 13.7. The summed E-state index contributed by atoms with van der Waals surface area (Å²) >= 11 is 6.12. The number of piperazine rings is 1. The fraction of sp³-hybridized carbons (Fsp3) is 0.407. The largest absolute Gasteiger partial charge is 0.354 e. The third-order valence-electron chi connectivity index (χ3n) is 6.98. The van der Waals surface area contributed by atoms with Crippen molar-refractivity contribution in [1.29, 1.82) is 0 Å². The Morgan fingerprint density at radius 1 is 1.14 bits per heavy atom. The number of anilines is 2. The zero-order valence-corrected chi connectivity index (χ0v) is 21.5. The quantitative estimate of drug-likeness (QED) is 0.468. The van der Waals surface area contributed by atoms with Gasteiger partial charge < -0.3 is 20.0 Å². The van der Waals surface area contributed by atoms with Gasteiger partial charge in [0, 0.05) is 48.5 Å². The van der Waals surface area contributed by atoms with Gasteiger partial charge in [-0.3, -0.25) is 0 Å². The molecular formula is C27H32ClFN6O. The number of amides is 2. The highest BCUT2D eigenvalue weighted by molar-refractivity contribution is 6.30. The summed E-state index contributed by atoms with van der Waals surface area (Å²) < 4.78 is 16.0. The number of nitrogens with zero attached hydrogens (tertiary/aromatic N) is 5. The van der Waals surface area contributed by atoms with E-state index in [0.717, 1.165) is 62.6 Å². The zero-order valence-electron chi connectivity index (χ0n) is 20.8. The van der Waals surface area contributed by atoms with Crippen LogP contribution in [0.2, 0.25) is 5.02 Å². The second-order valence-corrected chi connectivity index (χ2v) is 9.94. The number of aromatic nitrogens is 2. The minimum atomic E-state index is -0.301. The average Bonchev–Trinajstić information content (AvgIpc) is 3.65. The normalized spacial score (nSPS) is 16.3. The van der Waals surface area contributed by atoms with E-state index in [-0.39, 0.29) is 17.9 Å². The van der Waals surface area contributed by atoms with Gasteiger partial charge in [0.15, 0.2) is 0 Å². The number of benzene rings is 2. The second-order valence-electron chi connectivity index (χ2n) is 9.50. The summed E-state index contributed by atoms with van der Waals surface area (Å²) in [7, 11) is 0. The Bertz CT molecular complexity index is 1230. The highest BCUT2D eigenvalue weighted by Crippen LogP contribution is 2.34. The maximum absolute atomic E-state index is 14.2. The van der Waals surface area contributed by atoms with E-state index >= 15 is 0 Å². The molecule has 36 heavy (non-hydrogen) atoms. The molecule has 0 atom stereocenters. The smallest absolute Gasteiger partial charge is 0.322 e. The Morgan fingerprint density at radius 2 is 1.89 bits per heavy atom. The Hall–Kier alpha value is -3.10. The van der Waals surface area contributed by atoms with Crippen LogP contribution in [0.5, 0.6) is 0 Å². The van der Waals surface area contributed by atoms with E-state index in [2.05, 4.69) is 22.0 Å². The van der Waals surface area contributed by atoms with E-state index < -0.39 is 0 Å². The third-order valence-corrected chi connectivity index (χ3v) is 7.22. The van der Waals surface area contributed by atoms with Gasteiger partial charge in [-0.25, -0.2) is 13.9 Å². The van der Waals surface area contributed by atoms with Gasteiger partial charge in [-0.05, 0) is 62.7 Å². The van der Waals surface area contributed by atoms with E-state index in [1.165, 1.54) is 12.1 Å². The fourth-order valence-corrected chi connectivity index (χ4v) is 5.00. The van der Waals surface area contributed by atoms with Crippen LogP contribution in [0.25, 0.3) is 5.69 Å². The molecular weight excluding hydrogens is 479 g/mol. The maximum Gasteiger partial charge on any atom is 0.322 e. The van der Waals surface area contributed by atoms with E-state index in [9.17, 15) is 9.18 Å². The SMILES string of the molecule is CCN1CCN(c2c(CN(C(=O)Nc3cccc(Cl)c3)C3CC3)c(C)nn2-c2cccc(F)c2)CC1. The molecule has 2 fully saturated rings. The van der Waals surface area contributed by atoms with Gasteiger partial charge in [-0.1, -0.05) is 30.7 Å². The molecule has 1 N–H and O–H groups in total. The lowest BCUT2D eigenvalue weighted by molar-refractivity contribution is 0.206. The molecule has 1 aliphatic heterocycles. The number of likely N-dealkylation sites (N-methyl/N-ethyl adjacent to an activating group) is 1. The number of halogens is 2. The van der Waals surface area contributed by atoms with Crippen LogP contribution in [0.3, 0.4) is 0 Å². The first-order chi connectivity index (χ1) is 17.4. The van der Waals surface area contributed by atoms with Crippen molar-refractivity contribution in [3.8, 4) is 5.69 Å². The summed E-state index contributed by atoms with van der Waals surface area (Å²) in [5, 5.41) is 8.43. The van der Waals surface area contributed by atoms with Crippen LogP contribution in [0, 0.1) is 12.7 Å². The highest BCUT2D eigenvalue weighted by Gasteiger charge is 2.35. The second kappa shape index (κ2) is 10.5. The first kappa shape index (κ1) is 24.6. The monoisotopic (exact) mass is 510 g/mol. The van der Waals surface area contributed by atoms with Crippen LogP contribution in [0.15, 0.2) is 48.5 Å². The Balaban J connectivity index is 1.48. The molecule has 1 aromatic heterocycles. The van der Waals surface area contributed by atoms with Gasteiger partial charge in [0.2, 0.25) is 0 Å². The van der Waals surface area contributed by atoms with Gasteiger partial charge in [-0.2, -0.15) is 5.10 Å². The molecule has 0 bridgehead atoms.